The summed E-state index contributed by atoms with van der Waals surface area (Å²) < 4.78 is 15.3. The molecule has 0 radical (unpaired) electrons. The summed E-state index contributed by atoms with van der Waals surface area (Å²) in [6, 6.07) is 14.6. The van der Waals surface area contributed by atoms with E-state index in [1.807, 2.05) is 49.4 Å². The molecule has 0 aliphatic heterocycles. The maximum absolute atomic E-state index is 11.7. The van der Waals surface area contributed by atoms with Gasteiger partial charge in [0.1, 0.15) is 11.5 Å². The van der Waals surface area contributed by atoms with E-state index in [0.29, 0.717) is 12.3 Å². The maximum atomic E-state index is 11.7. The normalized spacial score (nSPS) is 10.0. The first-order valence-corrected chi connectivity index (χ1v) is 7.81. The van der Waals surface area contributed by atoms with Crippen molar-refractivity contribution in [3.63, 3.8) is 0 Å². The van der Waals surface area contributed by atoms with E-state index in [-0.39, 0.29) is 19.1 Å². The molecule has 2 rings (SSSR count). The summed E-state index contributed by atoms with van der Waals surface area (Å²) in [5.74, 6) is 0.361. The molecule has 25 heavy (non-hydrogen) atoms. The number of nitrogens with one attached hydrogen (secondary N) is 1. The number of benzene rings is 2. The van der Waals surface area contributed by atoms with Crippen LogP contribution < -0.4 is 14.8 Å². The minimum absolute atomic E-state index is 0.241. The molecule has 6 nitrogen and oxygen atoms in total. The molecule has 0 saturated heterocycles. The summed E-state index contributed by atoms with van der Waals surface area (Å²) in [5, 5.41) is 2.68. The fraction of sp³-hybridized carbons (Fsp3) is 0.263. The van der Waals surface area contributed by atoms with E-state index in [2.05, 4.69) is 5.32 Å². The summed E-state index contributed by atoms with van der Waals surface area (Å²) in [6.07, 6.45) is 0. The highest BCUT2D eigenvalue weighted by Crippen LogP contribution is 2.12. The predicted molar refractivity (Wildman–Crippen MR) is 92.5 cm³/mol. The third-order valence-electron chi connectivity index (χ3n) is 3.36. The number of methoxy groups -OCH3 is 1. The molecule has 0 heterocycles. The lowest BCUT2D eigenvalue weighted by molar-refractivity contribution is -0.150. The smallest absolute Gasteiger partial charge is 0.344 e. The van der Waals surface area contributed by atoms with E-state index >= 15 is 0 Å². The SMILES string of the molecule is COc1ccc(CNC(=O)COC(=O)COc2cccc(C)c2)cc1. The van der Waals surface area contributed by atoms with Gasteiger partial charge in [0.15, 0.2) is 13.2 Å². The van der Waals surface area contributed by atoms with Gasteiger partial charge in [-0.25, -0.2) is 4.79 Å². The first-order valence-electron chi connectivity index (χ1n) is 7.81. The van der Waals surface area contributed by atoms with Crippen LogP contribution in [0.4, 0.5) is 0 Å². The second-order valence-electron chi connectivity index (χ2n) is 5.39. The van der Waals surface area contributed by atoms with Crippen molar-refractivity contribution in [2.24, 2.45) is 0 Å². The molecule has 0 spiro atoms. The second kappa shape index (κ2) is 9.32. The highest BCUT2D eigenvalue weighted by Gasteiger charge is 2.08. The van der Waals surface area contributed by atoms with E-state index in [1.54, 1.807) is 13.2 Å². The van der Waals surface area contributed by atoms with Gasteiger partial charge < -0.3 is 19.5 Å². The van der Waals surface area contributed by atoms with E-state index in [1.165, 1.54) is 0 Å². The molecule has 132 valence electrons. The molecule has 2 aromatic carbocycles. The lowest BCUT2D eigenvalue weighted by atomic mass is 10.2. The maximum Gasteiger partial charge on any atom is 0.344 e. The number of hydrogen-bond donors (Lipinski definition) is 1. The van der Waals surface area contributed by atoms with Crippen molar-refractivity contribution in [2.75, 3.05) is 20.3 Å². The van der Waals surface area contributed by atoms with Crippen LogP contribution >= 0.6 is 0 Å². The van der Waals surface area contributed by atoms with Gasteiger partial charge in [-0.1, -0.05) is 24.3 Å². The Kier molecular flexibility index (Phi) is 6.83. The van der Waals surface area contributed by atoms with E-state index in [0.717, 1.165) is 16.9 Å². The van der Waals surface area contributed by atoms with Crippen LogP contribution in [-0.4, -0.2) is 32.2 Å². The summed E-state index contributed by atoms with van der Waals surface area (Å²) in [7, 11) is 1.59. The van der Waals surface area contributed by atoms with Crippen molar-refractivity contribution in [3.8, 4) is 11.5 Å². The van der Waals surface area contributed by atoms with E-state index in [9.17, 15) is 9.59 Å². The van der Waals surface area contributed by atoms with Gasteiger partial charge in [-0.2, -0.15) is 0 Å². The largest absolute Gasteiger partial charge is 0.497 e. The number of hydrogen-bond acceptors (Lipinski definition) is 5. The Labute approximate surface area is 146 Å². The third-order valence-corrected chi connectivity index (χ3v) is 3.36. The number of carbonyl (C=O) groups excluding carboxylic acids is 2. The van der Waals surface area contributed by atoms with Crippen LogP contribution in [-0.2, 0) is 20.9 Å². The molecular weight excluding hydrogens is 322 g/mol. The molecule has 0 unspecified atom stereocenters. The van der Waals surface area contributed by atoms with Gasteiger partial charge in [-0.05, 0) is 42.3 Å². The van der Waals surface area contributed by atoms with Gasteiger partial charge in [0.2, 0.25) is 0 Å². The summed E-state index contributed by atoms with van der Waals surface area (Å²) in [4.78, 5) is 23.3. The van der Waals surface area contributed by atoms with Crippen LogP contribution in [0.15, 0.2) is 48.5 Å². The highest BCUT2D eigenvalue weighted by molar-refractivity contribution is 5.80. The molecular formula is C19H21NO5. The third kappa shape index (κ3) is 6.55. The fourth-order valence-electron chi connectivity index (χ4n) is 2.03. The van der Waals surface area contributed by atoms with Gasteiger partial charge in [0, 0.05) is 6.54 Å². The lowest BCUT2D eigenvalue weighted by Gasteiger charge is -2.08. The second-order valence-corrected chi connectivity index (χ2v) is 5.39. The summed E-state index contributed by atoms with van der Waals surface area (Å²) in [5.41, 5.74) is 1.95. The van der Waals surface area contributed by atoms with Crippen molar-refractivity contribution < 1.29 is 23.8 Å². The summed E-state index contributed by atoms with van der Waals surface area (Å²) in [6.45, 7) is 1.69. The van der Waals surface area contributed by atoms with Gasteiger partial charge >= 0.3 is 5.97 Å². The Balaban J connectivity index is 1.65. The quantitative estimate of drug-likeness (QED) is 0.744. The van der Waals surface area contributed by atoms with Gasteiger partial charge in [0.25, 0.3) is 5.91 Å². The highest BCUT2D eigenvalue weighted by atomic mass is 16.6. The van der Waals surface area contributed by atoms with E-state index in [4.69, 9.17) is 14.2 Å². The molecule has 0 aromatic heterocycles. The topological polar surface area (TPSA) is 73.9 Å². The van der Waals surface area contributed by atoms with Crippen LogP contribution in [0.3, 0.4) is 0 Å². The van der Waals surface area contributed by atoms with Crippen molar-refractivity contribution in [1.82, 2.24) is 5.32 Å². The predicted octanol–water partition coefficient (Wildman–Crippen LogP) is 2.24. The molecule has 0 saturated carbocycles. The molecule has 2 aromatic rings. The zero-order valence-electron chi connectivity index (χ0n) is 14.3. The molecule has 1 amide bonds. The number of aryl methyl sites for hydroxylation is 1. The van der Waals surface area contributed by atoms with Crippen LogP contribution in [0.2, 0.25) is 0 Å². The molecule has 0 atom stereocenters. The Hall–Kier alpha value is -3.02. The number of ether oxygens (including phenoxy) is 3. The monoisotopic (exact) mass is 343 g/mol. The lowest BCUT2D eigenvalue weighted by Crippen LogP contribution is -2.29. The number of esters is 1. The first-order chi connectivity index (χ1) is 12.1. The molecule has 0 aliphatic carbocycles. The molecule has 0 fully saturated rings. The van der Waals surface area contributed by atoms with Gasteiger partial charge in [0.05, 0.1) is 7.11 Å². The number of amides is 1. The minimum Gasteiger partial charge on any atom is -0.497 e. The molecule has 1 N–H and O–H groups in total. The minimum atomic E-state index is -0.596. The average molecular weight is 343 g/mol. The van der Waals surface area contributed by atoms with Gasteiger partial charge in [-0.3, -0.25) is 4.79 Å². The number of rotatable bonds is 8. The van der Waals surface area contributed by atoms with Crippen molar-refractivity contribution in [3.05, 3.63) is 59.7 Å². The Bertz CT molecular complexity index is 712. The Morgan fingerprint density at radius 2 is 1.76 bits per heavy atom. The van der Waals surface area contributed by atoms with Crippen LogP contribution in [0.1, 0.15) is 11.1 Å². The number of carbonyl (C=O) groups is 2. The average Bonchev–Trinajstić information content (AvgIpc) is 2.63. The standard InChI is InChI=1S/C19H21NO5/c1-14-4-3-5-17(10-14)24-13-19(22)25-12-18(21)20-11-15-6-8-16(23-2)9-7-15/h3-10H,11-13H2,1-2H3,(H,20,21). The van der Waals surface area contributed by atoms with Crippen molar-refractivity contribution >= 4 is 11.9 Å². The van der Waals surface area contributed by atoms with Crippen molar-refractivity contribution in [1.29, 1.82) is 0 Å². The zero-order valence-corrected chi connectivity index (χ0v) is 14.3. The fourth-order valence-corrected chi connectivity index (χ4v) is 2.03. The van der Waals surface area contributed by atoms with Crippen LogP contribution in [0.25, 0.3) is 0 Å². The molecule has 0 aliphatic rings. The van der Waals surface area contributed by atoms with Gasteiger partial charge in [-0.15, -0.1) is 0 Å². The van der Waals surface area contributed by atoms with Crippen molar-refractivity contribution in [2.45, 2.75) is 13.5 Å². The first kappa shape index (κ1) is 18.3. The summed E-state index contributed by atoms with van der Waals surface area (Å²) >= 11 is 0. The Morgan fingerprint density at radius 1 is 1.00 bits per heavy atom. The Morgan fingerprint density at radius 3 is 2.44 bits per heavy atom. The van der Waals surface area contributed by atoms with Crippen LogP contribution in [0, 0.1) is 6.92 Å². The van der Waals surface area contributed by atoms with E-state index < -0.39 is 5.97 Å². The molecule has 0 bridgehead atoms. The zero-order chi connectivity index (χ0) is 18.1. The van der Waals surface area contributed by atoms with Crippen LogP contribution in [0.5, 0.6) is 11.5 Å². The molecule has 6 heteroatoms.